The smallest absolute Gasteiger partial charge is 0.257 e. The molecule has 0 N–H and O–H groups in total. The molecule has 0 aliphatic carbocycles. The van der Waals surface area contributed by atoms with Crippen molar-refractivity contribution in [1.82, 2.24) is 24.6 Å². The number of aromatic nitrogens is 4. The summed E-state index contributed by atoms with van der Waals surface area (Å²) in [5, 5.41) is 4.12. The molecule has 3 aromatic rings. The number of carbonyl (C=O) groups excluding carboxylic acids is 2. The molecule has 3 saturated heterocycles. The quantitative estimate of drug-likeness (QED) is 0.614. The van der Waals surface area contributed by atoms with Gasteiger partial charge in [-0.25, -0.2) is 4.98 Å². The first-order valence-electron chi connectivity index (χ1n) is 11.3. The fourth-order valence-corrected chi connectivity index (χ4v) is 5.30. The molecule has 0 saturated carbocycles. The number of aryl methyl sites for hydroxylation is 2. The number of benzene rings is 1. The first-order chi connectivity index (χ1) is 16.0. The molecule has 0 radical (unpaired) electrons. The van der Waals surface area contributed by atoms with Crippen LogP contribution >= 0.6 is 0 Å². The third-order valence-electron chi connectivity index (χ3n) is 7.04. The van der Waals surface area contributed by atoms with E-state index in [-0.39, 0.29) is 23.9 Å². The SMILES string of the molecule is CN1C(=O)CCc2cc(-c3cncc(N4C5CC4CN(C(=O)c4cnn(C)c4)C5)n3)ccc21. The Morgan fingerprint density at radius 3 is 2.64 bits per heavy atom. The Balaban J connectivity index is 1.21. The molecule has 0 spiro atoms. The van der Waals surface area contributed by atoms with Crippen LogP contribution in [-0.4, -0.2) is 68.7 Å². The molecule has 2 amide bonds. The molecule has 4 aliphatic rings. The van der Waals surface area contributed by atoms with Crippen molar-refractivity contribution in [1.29, 1.82) is 0 Å². The average molecular weight is 444 g/mol. The van der Waals surface area contributed by atoms with E-state index in [2.05, 4.69) is 21.0 Å². The van der Waals surface area contributed by atoms with E-state index >= 15 is 0 Å². The summed E-state index contributed by atoms with van der Waals surface area (Å²) in [6, 6.07) is 6.62. The fraction of sp³-hybridized carbons (Fsp3) is 0.375. The fourth-order valence-electron chi connectivity index (χ4n) is 5.30. The Labute approximate surface area is 191 Å². The van der Waals surface area contributed by atoms with Gasteiger partial charge < -0.3 is 14.7 Å². The van der Waals surface area contributed by atoms with Gasteiger partial charge in [0.15, 0.2) is 0 Å². The molecule has 2 atom stereocenters. The number of amides is 2. The maximum Gasteiger partial charge on any atom is 0.257 e. The van der Waals surface area contributed by atoms with Crippen LogP contribution in [0, 0.1) is 0 Å². The predicted molar refractivity (Wildman–Crippen MR) is 123 cm³/mol. The van der Waals surface area contributed by atoms with E-state index in [0.717, 1.165) is 41.2 Å². The minimum absolute atomic E-state index is 0.0368. The molecule has 2 aromatic heterocycles. The van der Waals surface area contributed by atoms with E-state index in [1.807, 2.05) is 37.3 Å². The van der Waals surface area contributed by atoms with Gasteiger partial charge in [-0.3, -0.25) is 19.3 Å². The molecule has 1 aromatic carbocycles. The lowest BCUT2D eigenvalue weighted by Gasteiger charge is -2.56. The largest absolute Gasteiger partial charge is 0.346 e. The standard InChI is InChI=1S/C24H25N7O2/c1-28-12-17(9-26-28)24(33)30-13-18-8-19(14-30)31(18)22-11-25-10-20(27-22)15-3-5-21-16(7-15)4-6-23(32)29(21)2/h3,5,7,9-12,18-19H,4,6,8,13-14H2,1-2H3. The number of piperazine rings is 1. The first-order valence-corrected chi connectivity index (χ1v) is 11.3. The molecule has 2 unspecified atom stereocenters. The second kappa shape index (κ2) is 7.40. The van der Waals surface area contributed by atoms with Crippen LogP contribution in [0.1, 0.15) is 28.8 Å². The van der Waals surface area contributed by atoms with Crippen LogP contribution in [0.5, 0.6) is 0 Å². The van der Waals surface area contributed by atoms with Gasteiger partial charge >= 0.3 is 0 Å². The van der Waals surface area contributed by atoms with Crippen molar-refractivity contribution in [3.63, 3.8) is 0 Å². The van der Waals surface area contributed by atoms with Crippen molar-refractivity contribution in [3.05, 3.63) is 54.1 Å². The zero-order valence-corrected chi connectivity index (χ0v) is 18.7. The number of rotatable bonds is 3. The van der Waals surface area contributed by atoms with E-state index in [9.17, 15) is 9.59 Å². The van der Waals surface area contributed by atoms with Gasteiger partial charge in [0.25, 0.3) is 5.91 Å². The van der Waals surface area contributed by atoms with Gasteiger partial charge in [-0.15, -0.1) is 0 Å². The topological polar surface area (TPSA) is 87.5 Å². The van der Waals surface area contributed by atoms with Crippen molar-refractivity contribution in [3.8, 4) is 11.3 Å². The van der Waals surface area contributed by atoms with Gasteiger partial charge in [0, 0.05) is 51.1 Å². The predicted octanol–water partition coefficient (Wildman–Crippen LogP) is 1.89. The second-order valence-corrected chi connectivity index (χ2v) is 9.12. The van der Waals surface area contributed by atoms with Crippen LogP contribution in [0.25, 0.3) is 11.3 Å². The minimum atomic E-state index is 0.0368. The minimum Gasteiger partial charge on any atom is -0.346 e. The van der Waals surface area contributed by atoms with Gasteiger partial charge in [0.2, 0.25) is 5.91 Å². The number of hydrogen-bond donors (Lipinski definition) is 0. The number of hydrogen-bond acceptors (Lipinski definition) is 6. The lowest BCUT2D eigenvalue weighted by atomic mass is 9.87. The van der Waals surface area contributed by atoms with Crippen LogP contribution in [0.4, 0.5) is 11.5 Å². The van der Waals surface area contributed by atoms with Crippen molar-refractivity contribution in [2.45, 2.75) is 31.3 Å². The Hall–Kier alpha value is -3.75. The lowest BCUT2D eigenvalue weighted by molar-refractivity contribution is -0.118. The Morgan fingerprint density at radius 1 is 1.06 bits per heavy atom. The highest BCUT2D eigenvalue weighted by Crippen LogP contribution is 2.37. The van der Waals surface area contributed by atoms with Crippen LogP contribution in [0.3, 0.4) is 0 Å². The highest BCUT2D eigenvalue weighted by atomic mass is 16.2. The third kappa shape index (κ3) is 3.26. The third-order valence-corrected chi connectivity index (χ3v) is 7.04. The molecule has 33 heavy (non-hydrogen) atoms. The molecule has 2 bridgehead atoms. The molecule has 9 heteroatoms. The van der Waals surface area contributed by atoms with Gasteiger partial charge in [-0.1, -0.05) is 6.07 Å². The highest BCUT2D eigenvalue weighted by Gasteiger charge is 2.47. The van der Waals surface area contributed by atoms with E-state index in [4.69, 9.17) is 4.98 Å². The van der Waals surface area contributed by atoms with Crippen LogP contribution in [0.15, 0.2) is 43.0 Å². The normalized spacial score (nSPS) is 21.6. The molecular formula is C24H25N7O2. The molecule has 3 fully saturated rings. The summed E-state index contributed by atoms with van der Waals surface area (Å²) in [5.74, 6) is 1.04. The molecule has 7 rings (SSSR count). The molecule has 4 aliphatic heterocycles. The molecule has 6 heterocycles. The molecular weight excluding hydrogens is 418 g/mol. The summed E-state index contributed by atoms with van der Waals surface area (Å²) < 4.78 is 1.65. The van der Waals surface area contributed by atoms with Crippen LogP contribution < -0.4 is 9.80 Å². The maximum absolute atomic E-state index is 12.8. The van der Waals surface area contributed by atoms with Crippen molar-refractivity contribution >= 4 is 23.3 Å². The Morgan fingerprint density at radius 2 is 1.88 bits per heavy atom. The number of carbonyl (C=O) groups is 2. The Bertz CT molecular complexity index is 1260. The average Bonchev–Trinajstić information content (AvgIpc) is 3.27. The lowest BCUT2D eigenvalue weighted by Crippen LogP contribution is -2.70. The van der Waals surface area contributed by atoms with E-state index in [1.54, 1.807) is 28.2 Å². The monoisotopic (exact) mass is 443 g/mol. The van der Waals surface area contributed by atoms with Gasteiger partial charge in [-0.2, -0.15) is 5.10 Å². The number of anilines is 2. The second-order valence-electron chi connectivity index (χ2n) is 9.12. The van der Waals surface area contributed by atoms with Gasteiger partial charge in [0.1, 0.15) is 5.82 Å². The summed E-state index contributed by atoms with van der Waals surface area (Å²) in [6.45, 7) is 1.35. The summed E-state index contributed by atoms with van der Waals surface area (Å²) in [7, 11) is 3.64. The summed E-state index contributed by atoms with van der Waals surface area (Å²) in [6.07, 6.45) is 9.33. The first kappa shape index (κ1) is 19.9. The highest BCUT2D eigenvalue weighted by molar-refractivity contribution is 5.96. The van der Waals surface area contributed by atoms with Crippen molar-refractivity contribution in [2.24, 2.45) is 7.05 Å². The van der Waals surface area contributed by atoms with Gasteiger partial charge in [0.05, 0.1) is 41.9 Å². The molecule has 168 valence electrons. The van der Waals surface area contributed by atoms with Gasteiger partial charge in [-0.05, 0) is 30.5 Å². The van der Waals surface area contributed by atoms with Crippen molar-refractivity contribution in [2.75, 3.05) is 29.9 Å². The maximum atomic E-state index is 12.8. The van der Waals surface area contributed by atoms with Crippen LogP contribution in [-0.2, 0) is 18.3 Å². The summed E-state index contributed by atoms with van der Waals surface area (Å²) in [4.78, 5) is 40.2. The zero-order valence-electron chi connectivity index (χ0n) is 18.7. The number of fused-ring (bicyclic) bond motifs is 3. The van der Waals surface area contributed by atoms with E-state index < -0.39 is 0 Å². The van der Waals surface area contributed by atoms with Crippen molar-refractivity contribution < 1.29 is 9.59 Å². The zero-order chi connectivity index (χ0) is 22.7. The molecule has 9 nitrogen and oxygen atoms in total. The van der Waals surface area contributed by atoms with Crippen LogP contribution in [0.2, 0.25) is 0 Å². The number of piperidine rings is 1. The van der Waals surface area contributed by atoms with E-state index in [1.165, 1.54) is 0 Å². The van der Waals surface area contributed by atoms with E-state index in [0.29, 0.717) is 25.1 Å². The number of nitrogens with zero attached hydrogens (tertiary/aromatic N) is 7. The summed E-state index contributed by atoms with van der Waals surface area (Å²) in [5.41, 5.74) is 4.59. The summed E-state index contributed by atoms with van der Waals surface area (Å²) >= 11 is 0. The Kier molecular flexibility index (Phi) is 4.46.